The van der Waals surface area contributed by atoms with Crippen LogP contribution in [0.25, 0.3) is 5.69 Å². The zero-order valence-electron chi connectivity index (χ0n) is 17.7. The highest BCUT2D eigenvalue weighted by atomic mass is 19.1. The van der Waals surface area contributed by atoms with Gasteiger partial charge in [0.15, 0.2) is 0 Å². The molecule has 2 aromatic rings. The summed E-state index contributed by atoms with van der Waals surface area (Å²) in [6, 6.07) is 6.42. The fraction of sp³-hybridized carbons (Fsp3) is 0.591. The number of hydrogen-bond donors (Lipinski definition) is 0. The monoisotopic (exact) mass is 397 g/mol. The smallest absolute Gasteiger partial charge is 0.403 e. The van der Waals surface area contributed by atoms with E-state index in [4.69, 9.17) is 9.31 Å². The zero-order chi connectivity index (χ0) is 20.4. The molecule has 2 saturated heterocycles. The molecule has 3 heterocycles. The van der Waals surface area contributed by atoms with Crippen molar-refractivity contribution >= 4 is 7.12 Å². The van der Waals surface area contributed by atoms with Crippen LogP contribution in [0.1, 0.15) is 46.1 Å². The molecule has 0 N–H and O–H groups in total. The highest BCUT2D eigenvalue weighted by molar-refractivity contribution is 6.51. The molecule has 2 unspecified atom stereocenters. The van der Waals surface area contributed by atoms with Crippen LogP contribution >= 0.6 is 0 Å². The average Bonchev–Trinajstić information content (AvgIpc) is 3.13. The van der Waals surface area contributed by atoms with E-state index >= 15 is 0 Å². The van der Waals surface area contributed by atoms with Gasteiger partial charge in [-0.3, -0.25) is 4.90 Å². The molecule has 1 saturated carbocycles. The van der Waals surface area contributed by atoms with Crippen molar-refractivity contribution in [1.29, 1.82) is 0 Å². The Bertz CT molecular complexity index is 897. The van der Waals surface area contributed by atoms with Crippen LogP contribution in [0.15, 0.2) is 36.7 Å². The fourth-order valence-electron chi connectivity index (χ4n) is 4.78. The summed E-state index contributed by atoms with van der Waals surface area (Å²) in [4.78, 5) is 2.51. The maximum Gasteiger partial charge on any atom is 0.464 e. The van der Waals surface area contributed by atoms with Gasteiger partial charge in [0.25, 0.3) is 0 Å². The van der Waals surface area contributed by atoms with Gasteiger partial charge in [-0.1, -0.05) is 0 Å². The molecular weight excluding hydrogens is 368 g/mol. The topological polar surface area (TPSA) is 39.5 Å². The molecule has 0 bridgehead atoms. The molecule has 0 amide bonds. The molecule has 7 heteroatoms. The van der Waals surface area contributed by atoms with Crippen molar-refractivity contribution < 1.29 is 13.7 Å². The quantitative estimate of drug-likeness (QED) is 0.730. The largest absolute Gasteiger partial charge is 0.464 e. The van der Waals surface area contributed by atoms with Crippen molar-refractivity contribution in [2.45, 2.75) is 63.6 Å². The lowest BCUT2D eigenvalue weighted by Gasteiger charge is -2.32. The van der Waals surface area contributed by atoms with Crippen molar-refractivity contribution in [1.82, 2.24) is 14.7 Å². The van der Waals surface area contributed by atoms with Gasteiger partial charge in [0.05, 0.1) is 23.1 Å². The van der Waals surface area contributed by atoms with Gasteiger partial charge in [-0.25, -0.2) is 9.07 Å². The molecule has 0 spiro atoms. The first-order valence-electron chi connectivity index (χ1n) is 10.6. The molecule has 29 heavy (non-hydrogen) atoms. The number of nitrogens with zero attached hydrogens (tertiary/aromatic N) is 3. The summed E-state index contributed by atoms with van der Waals surface area (Å²) in [7, 11) is -0.0825. The van der Waals surface area contributed by atoms with Crippen LogP contribution in [0.3, 0.4) is 0 Å². The lowest BCUT2D eigenvalue weighted by molar-refractivity contribution is 0.00578. The van der Waals surface area contributed by atoms with E-state index in [0.717, 1.165) is 31.7 Å². The molecule has 1 aromatic carbocycles. The van der Waals surface area contributed by atoms with E-state index in [1.54, 1.807) is 12.1 Å². The minimum absolute atomic E-state index is 0.0825. The van der Waals surface area contributed by atoms with Crippen LogP contribution in [0, 0.1) is 11.7 Å². The van der Waals surface area contributed by atoms with Crippen molar-refractivity contribution in [3.8, 4) is 5.69 Å². The number of benzene rings is 1. The maximum atomic E-state index is 13.1. The van der Waals surface area contributed by atoms with E-state index in [-0.39, 0.29) is 29.5 Å². The van der Waals surface area contributed by atoms with E-state index < -0.39 is 0 Å². The second-order valence-electron chi connectivity index (χ2n) is 9.98. The average molecular weight is 397 g/mol. The van der Waals surface area contributed by atoms with E-state index in [1.165, 1.54) is 24.1 Å². The molecule has 5 nitrogen and oxygen atoms in total. The van der Waals surface area contributed by atoms with Crippen molar-refractivity contribution in [3.05, 3.63) is 48.0 Å². The highest BCUT2D eigenvalue weighted by Gasteiger charge is 2.70. The Morgan fingerprint density at radius 3 is 2.48 bits per heavy atom. The van der Waals surface area contributed by atoms with Crippen LogP contribution < -0.4 is 0 Å². The third kappa shape index (κ3) is 3.24. The normalized spacial score (nSPS) is 30.4. The van der Waals surface area contributed by atoms with E-state index in [2.05, 4.69) is 37.7 Å². The summed E-state index contributed by atoms with van der Waals surface area (Å²) in [6.45, 7) is 11.5. The first kappa shape index (κ1) is 19.3. The second kappa shape index (κ2) is 6.40. The number of likely N-dealkylation sites (tertiary alicyclic amines) is 1. The number of rotatable bonds is 4. The van der Waals surface area contributed by atoms with Crippen LogP contribution in [0.5, 0.6) is 0 Å². The Morgan fingerprint density at radius 1 is 1.14 bits per heavy atom. The molecule has 5 rings (SSSR count). The van der Waals surface area contributed by atoms with Crippen LogP contribution in [0.4, 0.5) is 4.39 Å². The van der Waals surface area contributed by atoms with E-state index in [0.29, 0.717) is 5.92 Å². The molecule has 0 radical (unpaired) electrons. The van der Waals surface area contributed by atoms with Gasteiger partial charge in [-0.2, -0.15) is 5.10 Å². The zero-order valence-corrected chi connectivity index (χ0v) is 17.7. The fourth-order valence-corrected chi connectivity index (χ4v) is 4.78. The second-order valence-corrected chi connectivity index (χ2v) is 9.98. The lowest BCUT2D eigenvalue weighted by Crippen LogP contribution is -2.41. The molecule has 154 valence electrons. The van der Waals surface area contributed by atoms with Gasteiger partial charge in [-0.15, -0.1) is 0 Å². The molecule has 3 fully saturated rings. The Morgan fingerprint density at radius 2 is 1.83 bits per heavy atom. The maximum absolute atomic E-state index is 13.1. The standard InChI is InChI=1S/C22H29BFN3O2/c1-20(2)21(3,4)29-23(28-20)22-9-10-26(15-17(22)11-22)13-16-12-25-27(14-16)19-7-5-18(24)6-8-19/h5-8,12,14,17H,9-11,13,15H2,1-4H3. The van der Waals surface area contributed by atoms with Gasteiger partial charge < -0.3 is 9.31 Å². The molecular formula is C22H29BFN3O2. The first-order chi connectivity index (χ1) is 13.7. The van der Waals surface area contributed by atoms with Crippen LogP contribution in [0.2, 0.25) is 5.31 Å². The molecule has 1 aliphatic carbocycles. The number of halogens is 1. The van der Waals surface area contributed by atoms with Crippen molar-refractivity contribution in [2.24, 2.45) is 5.92 Å². The van der Waals surface area contributed by atoms with Crippen molar-refractivity contribution in [2.75, 3.05) is 13.1 Å². The van der Waals surface area contributed by atoms with Gasteiger partial charge >= 0.3 is 7.12 Å². The Labute approximate surface area is 172 Å². The predicted molar refractivity (Wildman–Crippen MR) is 110 cm³/mol. The SMILES string of the molecule is CC1(C)OB(C23CCN(Cc4cnn(-c5ccc(F)cc5)c4)CC2C3)OC1(C)C. The lowest BCUT2D eigenvalue weighted by atomic mass is 9.63. The molecule has 2 atom stereocenters. The molecule has 2 aliphatic heterocycles. The molecule has 3 aliphatic rings. The number of hydrogen-bond acceptors (Lipinski definition) is 4. The van der Waals surface area contributed by atoms with Crippen LogP contribution in [-0.2, 0) is 15.9 Å². The van der Waals surface area contributed by atoms with Gasteiger partial charge in [0.2, 0.25) is 0 Å². The number of aromatic nitrogens is 2. The predicted octanol–water partition coefficient (Wildman–Crippen LogP) is 4.07. The summed E-state index contributed by atoms with van der Waals surface area (Å²) in [6.07, 6.45) is 6.25. The van der Waals surface area contributed by atoms with E-state index in [9.17, 15) is 4.39 Å². The summed E-state index contributed by atoms with van der Waals surface area (Å²) in [5.41, 5.74) is 1.54. The third-order valence-corrected chi connectivity index (χ3v) is 7.51. The summed E-state index contributed by atoms with van der Waals surface area (Å²) in [5.74, 6) is 0.405. The van der Waals surface area contributed by atoms with Gasteiger partial charge in [0, 0.05) is 30.2 Å². The summed E-state index contributed by atoms with van der Waals surface area (Å²) < 4.78 is 27.7. The number of fused-ring (bicyclic) bond motifs is 1. The molecule has 1 aromatic heterocycles. The first-order valence-corrected chi connectivity index (χ1v) is 10.6. The van der Waals surface area contributed by atoms with Gasteiger partial charge in [0.1, 0.15) is 5.82 Å². The summed E-state index contributed by atoms with van der Waals surface area (Å²) >= 11 is 0. The summed E-state index contributed by atoms with van der Waals surface area (Å²) in [5, 5.41) is 4.64. The Balaban J connectivity index is 1.21. The van der Waals surface area contributed by atoms with Crippen LogP contribution in [-0.4, -0.2) is 46.1 Å². The minimum Gasteiger partial charge on any atom is -0.403 e. The number of piperidine rings is 1. The Hall–Kier alpha value is -1.70. The highest BCUT2D eigenvalue weighted by Crippen LogP contribution is 2.69. The van der Waals surface area contributed by atoms with E-state index in [1.807, 2.05) is 17.1 Å². The van der Waals surface area contributed by atoms with Crippen molar-refractivity contribution in [3.63, 3.8) is 0 Å². The Kier molecular flexibility index (Phi) is 4.25. The van der Waals surface area contributed by atoms with Gasteiger partial charge in [-0.05, 0) is 77.3 Å². The third-order valence-electron chi connectivity index (χ3n) is 7.51. The minimum atomic E-state index is -0.258.